The van der Waals surface area contributed by atoms with Crippen LogP contribution in [0.2, 0.25) is 0 Å². The highest BCUT2D eigenvalue weighted by Gasteiger charge is 2.19. The molecule has 1 saturated heterocycles. The molecule has 0 spiro atoms. The molecule has 0 bridgehead atoms. The highest BCUT2D eigenvalue weighted by molar-refractivity contribution is 7.13. The van der Waals surface area contributed by atoms with Gasteiger partial charge in [-0.1, -0.05) is 6.92 Å². The fourth-order valence-corrected chi connectivity index (χ4v) is 3.59. The summed E-state index contributed by atoms with van der Waals surface area (Å²) in [4.78, 5) is 18.7. The number of amides is 1. The van der Waals surface area contributed by atoms with E-state index in [-0.39, 0.29) is 12.5 Å². The summed E-state index contributed by atoms with van der Waals surface area (Å²) in [5, 5.41) is 15.4. The number of hydrogen-bond acceptors (Lipinski definition) is 6. The molecule has 1 amide bonds. The van der Waals surface area contributed by atoms with E-state index < -0.39 is 6.10 Å². The van der Waals surface area contributed by atoms with Crippen molar-refractivity contribution in [1.29, 1.82) is 0 Å². The Labute approximate surface area is 145 Å². The zero-order chi connectivity index (χ0) is 16.9. The zero-order valence-electron chi connectivity index (χ0n) is 13.8. The molecule has 130 valence electrons. The third-order valence-corrected chi connectivity index (χ3v) is 5.24. The number of carbonyl (C=O) groups is 1. The van der Waals surface area contributed by atoms with Gasteiger partial charge in [-0.25, -0.2) is 4.98 Å². The zero-order valence-corrected chi connectivity index (χ0v) is 14.6. The second kappa shape index (κ2) is 7.92. The maximum absolute atomic E-state index is 12.2. The monoisotopic (exact) mass is 349 g/mol. The lowest BCUT2D eigenvalue weighted by molar-refractivity contribution is 0.0793. The average Bonchev–Trinajstić information content (AvgIpc) is 3.25. The molecule has 0 aromatic carbocycles. The number of thiazole rings is 1. The van der Waals surface area contributed by atoms with Crippen molar-refractivity contribution in [2.45, 2.75) is 25.9 Å². The summed E-state index contributed by atoms with van der Waals surface area (Å²) in [7, 11) is 0. The van der Waals surface area contributed by atoms with Gasteiger partial charge in [0.15, 0.2) is 0 Å². The molecule has 3 heterocycles. The Morgan fingerprint density at radius 3 is 3.04 bits per heavy atom. The van der Waals surface area contributed by atoms with E-state index in [1.54, 1.807) is 17.9 Å². The van der Waals surface area contributed by atoms with E-state index in [0.717, 1.165) is 29.6 Å². The van der Waals surface area contributed by atoms with Crippen LogP contribution in [-0.4, -0.2) is 53.2 Å². The summed E-state index contributed by atoms with van der Waals surface area (Å²) in [6.07, 6.45) is 4.97. The number of nitrogens with zero attached hydrogens (tertiary/aromatic N) is 2. The Balaban J connectivity index is 1.45. The maximum atomic E-state index is 12.2. The van der Waals surface area contributed by atoms with Crippen molar-refractivity contribution < 1.29 is 14.3 Å². The number of piperidine rings is 1. The quantitative estimate of drug-likeness (QED) is 0.836. The molecule has 3 rings (SSSR count). The molecule has 0 aliphatic carbocycles. The van der Waals surface area contributed by atoms with Crippen LogP contribution in [0.3, 0.4) is 0 Å². The van der Waals surface area contributed by atoms with E-state index >= 15 is 0 Å². The van der Waals surface area contributed by atoms with Gasteiger partial charge < -0.3 is 19.7 Å². The lowest BCUT2D eigenvalue weighted by Crippen LogP contribution is -2.43. The summed E-state index contributed by atoms with van der Waals surface area (Å²) >= 11 is 1.40. The van der Waals surface area contributed by atoms with Crippen molar-refractivity contribution in [3.63, 3.8) is 0 Å². The van der Waals surface area contributed by atoms with Gasteiger partial charge >= 0.3 is 0 Å². The summed E-state index contributed by atoms with van der Waals surface area (Å²) in [6, 6.07) is 1.81. The first-order chi connectivity index (χ1) is 11.6. The number of carbonyl (C=O) groups excluding carboxylic acids is 1. The highest BCUT2D eigenvalue weighted by atomic mass is 32.1. The van der Waals surface area contributed by atoms with Crippen molar-refractivity contribution in [2.24, 2.45) is 5.92 Å². The van der Waals surface area contributed by atoms with E-state index in [0.29, 0.717) is 12.2 Å². The largest absolute Gasteiger partial charge is 0.472 e. The number of likely N-dealkylation sites (tertiary alicyclic amines) is 1. The normalized spacial score (nSPS) is 17.8. The number of aromatic nitrogens is 1. The Bertz CT molecular complexity index is 648. The molecule has 0 saturated carbocycles. The van der Waals surface area contributed by atoms with Gasteiger partial charge in [0.25, 0.3) is 5.91 Å². The predicted octanol–water partition coefficient (Wildman–Crippen LogP) is 2.23. The van der Waals surface area contributed by atoms with Gasteiger partial charge in [0.1, 0.15) is 17.0 Å². The molecule has 2 N–H and O–H groups in total. The molecule has 1 aliphatic rings. The van der Waals surface area contributed by atoms with Crippen molar-refractivity contribution in [3.8, 4) is 10.6 Å². The number of aliphatic hydroxyl groups excluding tert-OH is 1. The molecule has 24 heavy (non-hydrogen) atoms. The average molecular weight is 349 g/mol. The number of rotatable bonds is 6. The molecular formula is C17H23N3O3S. The minimum atomic E-state index is -0.561. The van der Waals surface area contributed by atoms with Gasteiger partial charge in [-0.3, -0.25) is 4.79 Å². The number of β-amino-alcohol motifs (C(OH)–C–C–N with tert-alkyl or cyclic N) is 1. The van der Waals surface area contributed by atoms with Crippen LogP contribution in [0, 0.1) is 5.92 Å². The first kappa shape index (κ1) is 17.1. The predicted molar refractivity (Wildman–Crippen MR) is 93.0 cm³/mol. The SMILES string of the molecule is CC1CCN(C[C@H](O)CNC(=O)c2csc(-c3ccoc3)n2)CC1. The van der Waals surface area contributed by atoms with Gasteiger partial charge in [-0.05, 0) is 37.9 Å². The van der Waals surface area contributed by atoms with E-state index in [9.17, 15) is 9.90 Å². The fraction of sp³-hybridized carbons (Fsp3) is 0.529. The molecule has 0 unspecified atom stereocenters. The molecule has 1 fully saturated rings. The van der Waals surface area contributed by atoms with Crippen LogP contribution in [0.25, 0.3) is 10.6 Å². The van der Waals surface area contributed by atoms with Crippen LogP contribution < -0.4 is 5.32 Å². The second-order valence-corrected chi connectivity index (χ2v) is 7.26. The van der Waals surface area contributed by atoms with Gasteiger partial charge in [-0.2, -0.15) is 0 Å². The van der Waals surface area contributed by atoms with Crippen molar-refractivity contribution in [1.82, 2.24) is 15.2 Å². The summed E-state index contributed by atoms with van der Waals surface area (Å²) in [5.41, 5.74) is 1.23. The van der Waals surface area contributed by atoms with Gasteiger partial charge in [0.05, 0.1) is 12.4 Å². The Hall–Kier alpha value is -1.70. The van der Waals surface area contributed by atoms with Gasteiger partial charge in [-0.15, -0.1) is 11.3 Å². The molecule has 6 nitrogen and oxygen atoms in total. The number of furan rings is 1. The molecule has 1 aliphatic heterocycles. The van der Waals surface area contributed by atoms with Crippen molar-refractivity contribution in [3.05, 3.63) is 29.7 Å². The van der Waals surface area contributed by atoms with E-state index in [1.807, 2.05) is 6.07 Å². The minimum Gasteiger partial charge on any atom is -0.472 e. The number of aliphatic hydroxyl groups is 1. The van der Waals surface area contributed by atoms with Crippen molar-refractivity contribution in [2.75, 3.05) is 26.2 Å². The fourth-order valence-electron chi connectivity index (χ4n) is 2.81. The van der Waals surface area contributed by atoms with Gasteiger partial charge in [0.2, 0.25) is 0 Å². The smallest absolute Gasteiger partial charge is 0.270 e. The lowest BCUT2D eigenvalue weighted by atomic mass is 9.99. The Morgan fingerprint density at radius 2 is 2.33 bits per heavy atom. The van der Waals surface area contributed by atoms with E-state index in [2.05, 4.69) is 22.1 Å². The first-order valence-electron chi connectivity index (χ1n) is 8.28. The van der Waals surface area contributed by atoms with Crippen LogP contribution in [0.4, 0.5) is 0 Å². The topological polar surface area (TPSA) is 78.6 Å². The van der Waals surface area contributed by atoms with E-state index in [4.69, 9.17) is 4.42 Å². The first-order valence-corrected chi connectivity index (χ1v) is 9.16. The minimum absolute atomic E-state index is 0.240. The third kappa shape index (κ3) is 4.43. The van der Waals surface area contributed by atoms with Crippen LogP contribution in [0.1, 0.15) is 30.3 Å². The van der Waals surface area contributed by atoms with Crippen LogP contribution in [0.5, 0.6) is 0 Å². The molecule has 2 aromatic rings. The van der Waals surface area contributed by atoms with Gasteiger partial charge in [0, 0.05) is 24.0 Å². The second-order valence-electron chi connectivity index (χ2n) is 6.40. The van der Waals surface area contributed by atoms with Crippen molar-refractivity contribution >= 4 is 17.2 Å². The molecule has 7 heteroatoms. The summed E-state index contributed by atoms with van der Waals surface area (Å²) < 4.78 is 5.02. The van der Waals surface area contributed by atoms with Crippen LogP contribution in [-0.2, 0) is 0 Å². The highest BCUT2D eigenvalue weighted by Crippen LogP contribution is 2.23. The molecule has 1 atom stereocenters. The molecule has 2 aromatic heterocycles. The Morgan fingerprint density at radius 1 is 1.54 bits per heavy atom. The number of nitrogens with one attached hydrogen (secondary N) is 1. The summed E-state index contributed by atoms with van der Waals surface area (Å²) in [5.74, 6) is 0.513. The molecule has 0 radical (unpaired) electrons. The van der Waals surface area contributed by atoms with Crippen LogP contribution in [0.15, 0.2) is 28.4 Å². The maximum Gasteiger partial charge on any atom is 0.270 e. The standard InChI is InChI=1S/C17H23N3O3S/c1-12-2-5-20(6-3-12)9-14(21)8-18-16(22)15-11-24-17(19-15)13-4-7-23-10-13/h4,7,10-12,14,21H,2-3,5-6,8-9H2,1H3,(H,18,22)/t14-/m1/s1. The summed E-state index contributed by atoms with van der Waals surface area (Å²) in [6.45, 7) is 5.14. The van der Waals surface area contributed by atoms with Crippen LogP contribution >= 0.6 is 11.3 Å². The molecular weight excluding hydrogens is 326 g/mol. The third-order valence-electron chi connectivity index (χ3n) is 4.35. The number of hydrogen-bond donors (Lipinski definition) is 2. The Kier molecular flexibility index (Phi) is 5.65. The lowest BCUT2D eigenvalue weighted by Gasteiger charge is -2.31. The van der Waals surface area contributed by atoms with E-state index in [1.165, 1.54) is 24.2 Å².